The number of esters is 1. The SMILES string of the molecule is CC#CC(=O)N1CC[C@H](C(=O)N(C)C(C(=O)N[C@H]2Cc3nc(cs3)-c3ccc4c(c3)c(c(-c3cccnc3[C@H](C)OC)n4CC)CC(C)(C)COC(=O)[C@@H]3CCCN(N3)C2=O)C2CCCC2)C1. The van der Waals surface area contributed by atoms with Gasteiger partial charge in [0.05, 0.1) is 40.7 Å². The van der Waals surface area contributed by atoms with Gasteiger partial charge in [-0.1, -0.05) is 38.7 Å². The van der Waals surface area contributed by atoms with Gasteiger partial charge in [0, 0.05) is 85.8 Å². The van der Waals surface area contributed by atoms with Crippen molar-refractivity contribution in [3.05, 3.63) is 58.2 Å². The molecule has 2 saturated heterocycles. The number of hydrogen-bond donors (Lipinski definition) is 2. The molecule has 3 fully saturated rings. The number of ether oxygens (including phenoxy) is 2. The van der Waals surface area contributed by atoms with Gasteiger partial charge < -0.3 is 29.2 Å². The monoisotopic (exact) mass is 932 g/mol. The zero-order chi connectivity index (χ0) is 47.6. The van der Waals surface area contributed by atoms with Crippen molar-refractivity contribution < 1.29 is 33.4 Å². The third-order valence-electron chi connectivity index (χ3n) is 14.1. The van der Waals surface area contributed by atoms with E-state index in [9.17, 15) is 24.0 Å². The minimum absolute atomic E-state index is 0.0925. The first kappa shape index (κ1) is 47.8. The van der Waals surface area contributed by atoms with Crippen LogP contribution in [0.4, 0.5) is 0 Å². The van der Waals surface area contributed by atoms with Gasteiger partial charge in [-0.15, -0.1) is 11.3 Å². The first-order chi connectivity index (χ1) is 32.2. The molecule has 1 aliphatic carbocycles. The number of likely N-dealkylation sites (tertiary alicyclic amines) is 1. The summed E-state index contributed by atoms with van der Waals surface area (Å²) in [6.45, 7) is 11.8. The Kier molecular flexibility index (Phi) is 14.5. The van der Waals surface area contributed by atoms with Gasteiger partial charge in [0.25, 0.3) is 11.8 Å². The maximum absolute atomic E-state index is 14.8. The van der Waals surface area contributed by atoms with Crippen molar-refractivity contribution in [3.8, 4) is 34.4 Å². The van der Waals surface area contributed by atoms with Gasteiger partial charge in [0.1, 0.15) is 18.1 Å². The van der Waals surface area contributed by atoms with Crippen molar-refractivity contribution >= 4 is 51.8 Å². The average molecular weight is 933 g/mol. The Morgan fingerprint density at radius 1 is 1.10 bits per heavy atom. The van der Waals surface area contributed by atoms with Crippen molar-refractivity contribution in [1.29, 1.82) is 0 Å². The van der Waals surface area contributed by atoms with Crippen LogP contribution in [0.15, 0.2) is 41.9 Å². The Balaban J connectivity index is 1.16. The van der Waals surface area contributed by atoms with Gasteiger partial charge in [-0.05, 0) is 101 Å². The molecule has 5 atom stereocenters. The van der Waals surface area contributed by atoms with Crippen LogP contribution in [0.1, 0.15) is 102 Å². The van der Waals surface area contributed by atoms with Gasteiger partial charge in [-0.25, -0.2) is 10.4 Å². The fourth-order valence-electron chi connectivity index (χ4n) is 10.6. The molecule has 356 valence electrons. The second-order valence-corrected chi connectivity index (χ2v) is 20.3. The summed E-state index contributed by atoms with van der Waals surface area (Å²) in [5.74, 6) is 2.86. The zero-order valence-electron chi connectivity index (χ0n) is 39.9. The molecule has 0 spiro atoms. The maximum Gasteiger partial charge on any atom is 0.324 e. The van der Waals surface area contributed by atoms with Crippen molar-refractivity contribution in [3.63, 3.8) is 0 Å². The van der Waals surface area contributed by atoms with Gasteiger partial charge in [-0.3, -0.25) is 34.0 Å². The fourth-order valence-corrected chi connectivity index (χ4v) is 11.4. The molecule has 4 amide bonds. The number of methoxy groups -OCH3 is 1. The lowest BCUT2D eigenvalue weighted by Crippen LogP contribution is -2.62. The van der Waals surface area contributed by atoms with E-state index in [1.165, 1.54) is 16.3 Å². The molecule has 2 N–H and O–H groups in total. The number of pyridine rings is 1. The lowest BCUT2D eigenvalue weighted by molar-refractivity contribution is -0.155. The smallest absolute Gasteiger partial charge is 0.324 e. The van der Waals surface area contributed by atoms with E-state index in [2.05, 4.69) is 72.2 Å². The lowest BCUT2D eigenvalue weighted by Gasteiger charge is -2.37. The van der Waals surface area contributed by atoms with Crippen molar-refractivity contribution in [2.75, 3.05) is 40.4 Å². The zero-order valence-corrected chi connectivity index (χ0v) is 40.7. The van der Waals surface area contributed by atoms with Crippen LogP contribution in [0.3, 0.4) is 0 Å². The first-order valence-electron chi connectivity index (χ1n) is 23.8. The highest BCUT2D eigenvalue weighted by atomic mass is 32.1. The molecule has 3 aromatic heterocycles. The van der Waals surface area contributed by atoms with E-state index >= 15 is 0 Å². The molecule has 1 aromatic carbocycles. The first-order valence-corrected chi connectivity index (χ1v) is 24.7. The summed E-state index contributed by atoms with van der Waals surface area (Å²) in [5.41, 5.74) is 9.33. The van der Waals surface area contributed by atoms with Crippen LogP contribution < -0.4 is 10.7 Å². The largest absolute Gasteiger partial charge is 0.464 e. The Morgan fingerprint density at radius 3 is 2.64 bits per heavy atom. The topological polar surface area (TPSA) is 168 Å². The molecule has 6 heterocycles. The molecule has 3 aliphatic heterocycles. The number of hydrazine groups is 1. The quantitative estimate of drug-likeness (QED) is 0.148. The summed E-state index contributed by atoms with van der Waals surface area (Å²) in [6.07, 6.45) is 7.11. The van der Waals surface area contributed by atoms with E-state index < -0.39 is 47.2 Å². The van der Waals surface area contributed by atoms with E-state index in [1.54, 1.807) is 37.1 Å². The number of carbonyl (C=O) groups excluding carboxylic acids is 5. The predicted octanol–water partition coefficient (Wildman–Crippen LogP) is 6.09. The summed E-state index contributed by atoms with van der Waals surface area (Å²) in [7, 11) is 3.35. The number of nitrogens with zero attached hydrogens (tertiary/aromatic N) is 6. The Bertz CT molecular complexity index is 2590. The number of rotatable bonds is 9. The standard InChI is InChI=1S/C51H64N8O7S/c1-8-14-43(60)57-24-21-34(28-57)48(62)56(6)45(32-15-10-11-16-32)47(61)54-39-26-42-53-40(29-67-42)33-19-20-41-36(25-33)37(46(58(41)9-2)35-17-12-22-52-44(35)31(3)65-7)27-51(4,5)30-66-50(64)38-18-13-23-59(55-38)49(39)63/h12,17,19-20,22,25,29,31-32,34,38-39,45,55H,9-11,13,15-16,18,21,23-24,26-28,30H2,1-7H3,(H,54,61)/t31-,34-,38-,39-,45?/m0/s1. The van der Waals surface area contributed by atoms with E-state index in [0.29, 0.717) is 50.3 Å². The molecule has 1 unspecified atom stereocenters. The highest BCUT2D eigenvalue weighted by Crippen LogP contribution is 2.42. The maximum atomic E-state index is 14.8. The highest BCUT2D eigenvalue weighted by Gasteiger charge is 2.43. The second kappa shape index (κ2) is 20.3. The van der Waals surface area contributed by atoms with Crippen LogP contribution in [0, 0.1) is 29.1 Å². The van der Waals surface area contributed by atoms with Crippen molar-refractivity contribution in [2.45, 2.75) is 123 Å². The summed E-state index contributed by atoms with van der Waals surface area (Å²) in [4.78, 5) is 83.3. The molecule has 0 radical (unpaired) electrons. The van der Waals surface area contributed by atoms with Crippen molar-refractivity contribution in [1.82, 2.24) is 40.1 Å². The summed E-state index contributed by atoms with van der Waals surface area (Å²) >= 11 is 1.42. The molecule has 4 aliphatic rings. The van der Waals surface area contributed by atoms with Crippen LogP contribution in [0.5, 0.6) is 0 Å². The molecule has 4 aromatic rings. The minimum Gasteiger partial charge on any atom is -0.464 e. The average Bonchev–Trinajstić information content (AvgIpc) is 4.18. The molecule has 67 heavy (non-hydrogen) atoms. The molecular formula is C51H64N8O7S. The number of nitrogens with one attached hydrogen (secondary N) is 2. The number of fused-ring (bicyclic) bond motifs is 6. The third kappa shape index (κ3) is 10.0. The number of cyclic esters (lactones) is 1. The molecule has 16 heteroatoms. The number of carbonyl (C=O) groups is 5. The third-order valence-corrected chi connectivity index (χ3v) is 15.0. The second-order valence-electron chi connectivity index (χ2n) is 19.3. The lowest BCUT2D eigenvalue weighted by atomic mass is 9.84. The van der Waals surface area contributed by atoms with Crippen LogP contribution in [-0.2, 0) is 52.8 Å². The number of aryl methyl sites for hydroxylation is 1. The highest BCUT2D eigenvalue weighted by molar-refractivity contribution is 7.10. The van der Waals surface area contributed by atoms with Crippen LogP contribution in [0.2, 0.25) is 0 Å². The van der Waals surface area contributed by atoms with Gasteiger partial charge >= 0.3 is 5.97 Å². The summed E-state index contributed by atoms with van der Waals surface area (Å²) in [5, 5.41) is 8.25. The van der Waals surface area contributed by atoms with Crippen molar-refractivity contribution in [2.24, 2.45) is 17.3 Å². The van der Waals surface area contributed by atoms with Gasteiger partial charge in [0.15, 0.2) is 0 Å². The molecule has 1 saturated carbocycles. The van der Waals surface area contributed by atoms with E-state index in [1.807, 2.05) is 18.4 Å². The van der Waals surface area contributed by atoms with Crippen LogP contribution >= 0.6 is 11.3 Å². The van der Waals surface area contributed by atoms with Gasteiger partial charge in [0.2, 0.25) is 11.8 Å². The minimum atomic E-state index is -1.07. The van der Waals surface area contributed by atoms with E-state index in [0.717, 1.165) is 70.4 Å². The summed E-state index contributed by atoms with van der Waals surface area (Å²) < 4.78 is 14.3. The van der Waals surface area contributed by atoms with E-state index in [-0.39, 0.29) is 43.4 Å². The van der Waals surface area contributed by atoms with E-state index in [4.69, 9.17) is 19.4 Å². The Labute approximate surface area is 397 Å². The summed E-state index contributed by atoms with van der Waals surface area (Å²) in [6, 6.07) is 7.77. The molecule has 6 bridgehead atoms. The molecular weight excluding hydrogens is 869 g/mol. The van der Waals surface area contributed by atoms with Crippen LogP contribution in [0.25, 0.3) is 33.4 Å². The molecule has 8 rings (SSSR count). The number of amides is 4. The Hall–Kier alpha value is -5.63. The normalized spacial score (nSPS) is 22.1. The number of hydrogen-bond acceptors (Lipinski definition) is 11. The van der Waals surface area contributed by atoms with Gasteiger partial charge in [-0.2, -0.15) is 0 Å². The molecule has 15 nitrogen and oxygen atoms in total. The fraction of sp³-hybridized carbons (Fsp3) is 0.549. The predicted molar refractivity (Wildman–Crippen MR) is 256 cm³/mol. The van der Waals surface area contributed by atoms with Crippen LogP contribution in [-0.4, -0.2) is 117 Å². The number of aromatic nitrogens is 3. The number of thiazole rings is 1. The number of likely N-dealkylation sites (N-methyl/N-ethyl adjacent to an activating group) is 1. The Morgan fingerprint density at radius 2 is 1.90 bits per heavy atom. The number of benzene rings is 1.